The maximum absolute atomic E-state index is 12.4. The van der Waals surface area contributed by atoms with Crippen LogP contribution < -0.4 is 5.32 Å². The second-order valence-electron chi connectivity index (χ2n) is 9.29. The minimum Gasteiger partial charge on any atom is -0.324 e. The second kappa shape index (κ2) is 8.84. The number of halogens is 2. The predicted octanol–water partition coefficient (Wildman–Crippen LogP) is 6.49. The molecule has 0 saturated carbocycles. The topological polar surface area (TPSA) is 49.4 Å². The molecule has 0 bridgehead atoms. The van der Waals surface area contributed by atoms with Crippen molar-refractivity contribution >= 4 is 35.1 Å². The van der Waals surface area contributed by atoms with E-state index in [1.165, 1.54) is 4.90 Å². The Kier molecular flexibility index (Phi) is 6.73. The van der Waals surface area contributed by atoms with E-state index < -0.39 is 5.54 Å². The van der Waals surface area contributed by atoms with Gasteiger partial charge in [0.1, 0.15) is 5.54 Å². The number of hydrogen-bond donors (Lipinski definition) is 1. The van der Waals surface area contributed by atoms with Crippen molar-refractivity contribution in [2.45, 2.75) is 71.4 Å². The zero-order chi connectivity index (χ0) is 23.0. The Morgan fingerprint density at radius 3 is 2.06 bits per heavy atom. The van der Waals surface area contributed by atoms with E-state index in [1.54, 1.807) is 13.8 Å². The summed E-state index contributed by atoms with van der Waals surface area (Å²) >= 11 is 13.1. The third kappa shape index (κ3) is 4.75. The van der Waals surface area contributed by atoms with Crippen LogP contribution in [0.1, 0.15) is 69.7 Å². The Balaban J connectivity index is 1.82. The number of nitrogens with one attached hydrogen (secondary N) is 1. The number of urea groups is 1. The third-order valence-electron chi connectivity index (χ3n) is 6.10. The van der Waals surface area contributed by atoms with Crippen molar-refractivity contribution in [3.8, 4) is 0 Å². The van der Waals surface area contributed by atoms with Crippen LogP contribution in [0.2, 0.25) is 10.0 Å². The summed E-state index contributed by atoms with van der Waals surface area (Å²) in [7, 11) is 0. The number of benzene rings is 2. The highest BCUT2D eigenvalue weighted by Crippen LogP contribution is 2.37. The molecule has 1 saturated heterocycles. The average molecular weight is 461 g/mol. The van der Waals surface area contributed by atoms with E-state index in [4.69, 9.17) is 23.2 Å². The van der Waals surface area contributed by atoms with Gasteiger partial charge in [-0.25, -0.2) is 4.79 Å². The van der Waals surface area contributed by atoms with Gasteiger partial charge in [0.25, 0.3) is 5.91 Å². The van der Waals surface area contributed by atoms with Crippen LogP contribution in [-0.2, 0) is 23.2 Å². The molecule has 1 aliphatic rings. The van der Waals surface area contributed by atoms with Crippen LogP contribution in [0, 0.1) is 0 Å². The van der Waals surface area contributed by atoms with Crippen LogP contribution in [-0.4, -0.2) is 22.4 Å². The number of rotatable bonds is 7. The molecular weight excluding hydrogens is 431 g/mol. The fourth-order valence-electron chi connectivity index (χ4n) is 3.89. The zero-order valence-electron chi connectivity index (χ0n) is 18.8. The van der Waals surface area contributed by atoms with Crippen LogP contribution in [0.3, 0.4) is 0 Å². The van der Waals surface area contributed by atoms with Crippen molar-refractivity contribution in [3.63, 3.8) is 0 Å². The first-order chi connectivity index (χ1) is 14.5. The molecule has 1 N–H and O–H groups in total. The van der Waals surface area contributed by atoms with Gasteiger partial charge in [0, 0.05) is 15.5 Å². The first-order valence-corrected chi connectivity index (χ1v) is 11.4. The number of amides is 3. The van der Waals surface area contributed by atoms with Gasteiger partial charge in [-0.15, -0.1) is 0 Å². The van der Waals surface area contributed by atoms with Gasteiger partial charge in [-0.05, 0) is 61.1 Å². The fraction of sp³-hybridized carbons (Fsp3) is 0.440. The molecule has 0 aromatic heterocycles. The first kappa shape index (κ1) is 23.6. The minimum atomic E-state index is -0.860. The fourth-order valence-corrected chi connectivity index (χ4v) is 4.57. The molecule has 3 rings (SSSR count). The molecule has 1 fully saturated rings. The lowest BCUT2D eigenvalue weighted by atomic mass is 9.77. The lowest BCUT2D eigenvalue weighted by Crippen LogP contribution is -2.40. The largest absolute Gasteiger partial charge is 0.325 e. The van der Waals surface area contributed by atoms with E-state index in [0.29, 0.717) is 10.0 Å². The molecule has 1 aliphatic heterocycles. The van der Waals surface area contributed by atoms with Gasteiger partial charge in [-0.1, -0.05) is 74.7 Å². The third-order valence-corrected chi connectivity index (χ3v) is 6.78. The molecule has 2 aromatic carbocycles. The molecule has 0 spiro atoms. The molecular formula is C25H30Cl2N2O2. The summed E-state index contributed by atoms with van der Waals surface area (Å²) in [6, 6.07) is 11.7. The van der Waals surface area contributed by atoms with Crippen LogP contribution in [0.15, 0.2) is 36.4 Å². The standard InChI is InChI=1S/C25H30Cl2N2O2/c1-6-7-8-19-20(26)13-18(14-21(19)27)24(2,3)17-11-9-16(10-12-17)15-29-22(30)25(4,5)28-23(29)31/h9-14H,6-8,15H2,1-5H3,(H,28,31). The molecule has 0 radical (unpaired) electrons. The maximum Gasteiger partial charge on any atom is 0.325 e. The predicted molar refractivity (Wildman–Crippen MR) is 127 cm³/mol. The van der Waals surface area contributed by atoms with E-state index in [0.717, 1.165) is 41.5 Å². The lowest BCUT2D eigenvalue weighted by molar-refractivity contribution is -0.130. The highest BCUT2D eigenvalue weighted by atomic mass is 35.5. The average Bonchev–Trinajstić information content (AvgIpc) is 2.89. The summed E-state index contributed by atoms with van der Waals surface area (Å²) in [5.41, 5.74) is 2.88. The molecule has 3 amide bonds. The molecule has 4 nitrogen and oxygen atoms in total. The van der Waals surface area contributed by atoms with Gasteiger partial charge in [0.15, 0.2) is 0 Å². The lowest BCUT2D eigenvalue weighted by Gasteiger charge is -2.28. The van der Waals surface area contributed by atoms with Crippen molar-refractivity contribution in [2.75, 3.05) is 0 Å². The Morgan fingerprint density at radius 1 is 1.00 bits per heavy atom. The van der Waals surface area contributed by atoms with E-state index in [-0.39, 0.29) is 23.9 Å². The molecule has 6 heteroatoms. The van der Waals surface area contributed by atoms with E-state index >= 15 is 0 Å². The molecule has 2 aromatic rings. The summed E-state index contributed by atoms with van der Waals surface area (Å²) in [6.07, 6.45) is 3.02. The van der Waals surface area contributed by atoms with Crippen LogP contribution in [0.5, 0.6) is 0 Å². The van der Waals surface area contributed by atoms with E-state index in [2.05, 4.69) is 26.1 Å². The summed E-state index contributed by atoms with van der Waals surface area (Å²) in [5.74, 6) is -0.214. The first-order valence-electron chi connectivity index (χ1n) is 10.7. The van der Waals surface area contributed by atoms with Crippen molar-refractivity contribution < 1.29 is 9.59 Å². The molecule has 0 atom stereocenters. The van der Waals surface area contributed by atoms with Crippen molar-refractivity contribution in [1.29, 1.82) is 0 Å². The number of carbonyl (C=O) groups is 2. The van der Waals surface area contributed by atoms with E-state index in [1.807, 2.05) is 36.4 Å². The highest BCUT2D eigenvalue weighted by molar-refractivity contribution is 6.36. The van der Waals surface area contributed by atoms with Gasteiger partial charge in [-0.3, -0.25) is 9.69 Å². The summed E-state index contributed by atoms with van der Waals surface area (Å²) in [4.78, 5) is 25.8. The van der Waals surface area contributed by atoms with Crippen LogP contribution in [0.4, 0.5) is 4.79 Å². The summed E-state index contributed by atoms with van der Waals surface area (Å²) < 4.78 is 0. The van der Waals surface area contributed by atoms with Gasteiger partial charge in [0.05, 0.1) is 6.54 Å². The Labute approximate surface area is 194 Å². The number of nitrogens with zero attached hydrogens (tertiary/aromatic N) is 1. The Hall–Kier alpha value is -2.04. The Bertz CT molecular complexity index is 974. The molecule has 0 aliphatic carbocycles. The van der Waals surface area contributed by atoms with Crippen molar-refractivity contribution in [1.82, 2.24) is 10.2 Å². The quantitative estimate of drug-likeness (QED) is 0.479. The van der Waals surface area contributed by atoms with Crippen LogP contribution >= 0.6 is 23.2 Å². The number of unbranched alkanes of at least 4 members (excludes halogenated alkanes) is 1. The van der Waals surface area contributed by atoms with Crippen LogP contribution in [0.25, 0.3) is 0 Å². The Morgan fingerprint density at radius 2 is 1.58 bits per heavy atom. The van der Waals surface area contributed by atoms with E-state index in [9.17, 15) is 9.59 Å². The summed E-state index contributed by atoms with van der Waals surface area (Å²) in [5, 5.41) is 4.13. The van der Waals surface area contributed by atoms with Gasteiger partial charge in [-0.2, -0.15) is 0 Å². The molecule has 31 heavy (non-hydrogen) atoms. The molecule has 0 unspecified atom stereocenters. The normalized spacial score (nSPS) is 16.0. The summed E-state index contributed by atoms with van der Waals surface area (Å²) in [6.45, 7) is 10.1. The smallest absolute Gasteiger partial charge is 0.324 e. The van der Waals surface area contributed by atoms with Crippen molar-refractivity contribution in [3.05, 3.63) is 68.7 Å². The number of imide groups is 1. The zero-order valence-corrected chi connectivity index (χ0v) is 20.3. The second-order valence-corrected chi connectivity index (χ2v) is 10.1. The van der Waals surface area contributed by atoms with Gasteiger partial charge < -0.3 is 5.32 Å². The highest BCUT2D eigenvalue weighted by Gasteiger charge is 2.44. The van der Waals surface area contributed by atoms with Gasteiger partial charge >= 0.3 is 6.03 Å². The number of carbonyl (C=O) groups excluding carboxylic acids is 2. The SMILES string of the molecule is CCCCc1c(Cl)cc(C(C)(C)c2ccc(CN3C(=O)NC(C)(C)C3=O)cc2)cc1Cl. The minimum absolute atomic E-state index is 0.214. The molecule has 1 heterocycles. The number of hydrogen-bond acceptors (Lipinski definition) is 2. The van der Waals surface area contributed by atoms with Crippen molar-refractivity contribution in [2.24, 2.45) is 0 Å². The molecule has 166 valence electrons. The monoisotopic (exact) mass is 460 g/mol. The van der Waals surface area contributed by atoms with Gasteiger partial charge in [0.2, 0.25) is 0 Å². The maximum atomic E-state index is 12.4.